The molecule has 0 aliphatic carbocycles. The van der Waals surface area contributed by atoms with Crippen LogP contribution in [0.1, 0.15) is 12.6 Å². The van der Waals surface area contributed by atoms with Crippen LogP contribution in [0, 0.1) is 3.57 Å². The number of benzene rings is 1. The van der Waals surface area contributed by atoms with Crippen LogP contribution >= 0.6 is 22.6 Å². The Bertz CT molecular complexity index is 562. The summed E-state index contributed by atoms with van der Waals surface area (Å²) in [5.41, 5.74) is 1.95. The number of methoxy groups -OCH3 is 1. The highest BCUT2D eigenvalue weighted by Gasteiger charge is 2.14. The maximum atomic E-state index is 5.37. The summed E-state index contributed by atoms with van der Waals surface area (Å²) >= 11 is 2.28. The largest absolute Gasteiger partial charge is 0.496 e. The van der Waals surface area contributed by atoms with Gasteiger partial charge in [0.05, 0.1) is 21.9 Å². The summed E-state index contributed by atoms with van der Waals surface area (Å²) in [6.45, 7) is 2.09. The molecule has 4 nitrogen and oxygen atoms in total. The molecule has 0 aliphatic heterocycles. The lowest BCUT2D eigenvalue weighted by molar-refractivity contribution is 0.416. The molecule has 0 amide bonds. The molecule has 0 radical (unpaired) electrons. The van der Waals surface area contributed by atoms with Crippen molar-refractivity contribution in [3.63, 3.8) is 0 Å². The fraction of sp³-hybridized carbons (Fsp3) is 0.286. The zero-order valence-electron chi connectivity index (χ0n) is 11.2. The van der Waals surface area contributed by atoms with Crippen molar-refractivity contribution in [2.24, 2.45) is 0 Å². The van der Waals surface area contributed by atoms with Gasteiger partial charge in [0.15, 0.2) is 5.82 Å². The number of aryl methyl sites for hydroxylation is 1. The second-order valence-electron chi connectivity index (χ2n) is 3.96. The third kappa shape index (κ3) is 2.80. The fourth-order valence-electron chi connectivity index (χ4n) is 1.84. The Kier molecular flexibility index (Phi) is 4.57. The maximum absolute atomic E-state index is 5.37. The van der Waals surface area contributed by atoms with Gasteiger partial charge in [0, 0.05) is 7.05 Å². The zero-order chi connectivity index (χ0) is 13.8. The van der Waals surface area contributed by atoms with Crippen molar-refractivity contribution in [2.45, 2.75) is 13.3 Å². The van der Waals surface area contributed by atoms with E-state index in [9.17, 15) is 0 Å². The van der Waals surface area contributed by atoms with E-state index in [1.807, 2.05) is 31.3 Å². The first kappa shape index (κ1) is 14.0. The zero-order valence-corrected chi connectivity index (χ0v) is 13.4. The first-order valence-electron chi connectivity index (χ1n) is 6.08. The summed E-state index contributed by atoms with van der Waals surface area (Å²) in [7, 11) is 3.53. The van der Waals surface area contributed by atoms with Gasteiger partial charge in [-0.15, -0.1) is 0 Å². The smallest absolute Gasteiger partial charge is 0.165 e. The van der Waals surface area contributed by atoms with Crippen LogP contribution in [0.2, 0.25) is 0 Å². The predicted octanol–water partition coefficient (Wildman–Crippen LogP) is 3.36. The molecule has 1 aromatic carbocycles. The number of halogens is 1. The van der Waals surface area contributed by atoms with Gasteiger partial charge in [-0.3, -0.25) is 0 Å². The molecule has 1 N–H and O–H groups in total. The minimum Gasteiger partial charge on any atom is -0.496 e. The van der Waals surface area contributed by atoms with Crippen molar-refractivity contribution in [3.05, 3.63) is 33.5 Å². The normalized spacial score (nSPS) is 10.3. The van der Waals surface area contributed by atoms with Gasteiger partial charge in [-0.1, -0.05) is 19.1 Å². The summed E-state index contributed by atoms with van der Waals surface area (Å²) in [6.07, 6.45) is 0.873. The lowest BCUT2D eigenvalue weighted by Gasteiger charge is -2.12. The van der Waals surface area contributed by atoms with Crippen molar-refractivity contribution < 1.29 is 4.74 Å². The van der Waals surface area contributed by atoms with Crippen LogP contribution in [0.25, 0.3) is 11.4 Å². The third-order valence-corrected chi connectivity index (χ3v) is 3.97. The molecule has 2 rings (SSSR count). The molecule has 0 fully saturated rings. The predicted molar refractivity (Wildman–Crippen MR) is 85.7 cm³/mol. The first-order chi connectivity index (χ1) is 9.21. The molecule has 5 heteroatoms. The van der Waals surface area contributed by atoms with E-state index >= 15 is 0 Å². The van der Waals surface area contributed by atoms with Gasteiger partial charge < -0.3 is 10.1 Å². The highest BCUT2D eigenvalue weighted by Crippen LogP contribution is 2.30. The van der Waals surface area contributed by atoms with Crippen LogP contribution in [0.15, 0.2) is 24.3 Å². The molecule has 0 spiro atoms. The molecule has 0 unspecified atom stereocenters. The van der Waals surface area contributed by atoms with Gasteiger partial charge in [0.1, 0.15) is 11.6 Å². The van der Waals surface area contributed by atoms with E-state index in [1.54, 1.807) is 7.11 Å². The maximum Gasteiger partial charge on any atom is 0.165 e. The van der Waals surface area contributed by atoms with Gasteiger partial charge in [-0.25, -0.2) is 9.97 Å². The number of hydrogen-bond donors (Lipinski definition) is 1. The molecule has 0 saturated heterocycles. The molecule has 1 heterocycles. The molecule has 0 bridgehead atoms. The number of hydrogen-bond acceptors (Lipinski definition) is 4. The van der Waals surface area contributed by atoms with Crippen molar-refractivity contribution >= 4 is 28.4 Å². The number of anilines is 1. The summed E-state index contributed by atoms with van der Waals surface area (Å²) in [4.78, 5) is 9.21. The molecule has 0 aliphatic rings. The second kappa shape index (κ2) is 6.18. The van der Waals surface area contributed by atoms with Crippen molar-refractivity contribution in [1.82, 2.24) is 9.97 Å². The molecule has 0 saturated carbocycles. The molecule has 1 aromatic heterocycles. The van der Waals surface area contributed by atoms with E-state index < -0.39 is 0 Å². The van der Waals surface area contributed by atoms with Crippen LogP contribution < -0.4 is 10.1 Å². The first-order valence-corrected chi connectivity index (χ1v) is 7.16. The summed E-state index contributed by atoms with van der Waals surface area (Å²) in [5, 5.41) is 3.12. The molecular weight excluding hydrogens is 353 g/mol. The SMILES string of the molecule is CCc1nc(-c2ccccc2OC)nc(NC)c1I. The Balaban J connectivity index is 2.62. The summed E-state index contributed by atoms with van der Waals surface area (Å²) in [6, 6.07) is 7.79. The summed E-state index contributed by atoms with van der Waals surface area (Å²) in [5.74, 6) is 2.33. The van der Waals surface area contributed by atoms with Crippen LogP contribution in [-0.4, -0.2) is 24.1 Å². The lowest BCUT2D eigenvalue weighted by atomic mass is 10.2. The third-order valence-electron chi connectivity index (χ3n) is 2.84. The average molecular weight is 369 g/mol. The topological polar surface area (TPSA) is 47.0 Å². The van der Waals surface area contributed by atoms with E-state index in [4.69, 9.17) is 4.74 Å². The van der Waals surface area contributed by atoms with Gasteiger partial charge in [0.25, 0.3) is 0 Å². The molecule has 19 heavy (non-hydrogen) atoms. The lowest BCUT2D eigenvalue weighted by Crippen LogP contribution is -2.05. The Morgan fingerprint density at radius 2 is 2.00 bits per heavy atom. The highest BCUT2D eigenvalue weighted by atomic mass is 127. The van der Waals surface area contributed by atoms with Crippen molar-refractivity contribution in [1.29, 1.82) is 0 Å². The number of rotatable bonds is 4. The fourth-order valence-corrected chi connectivity index (χ4v) is 2.74. The van der Waals surface area contributed by atoms with Crippen LogP contribution in [0.5, 0.6) is 5.75 Å². The molecule has 0 atom stereocenters. The Morgan fingerprint density at radius 3 is 2.63 bits per heavy atom. The Labute approximate surface area is 126 Å². The highest BCUT2D eigenvalue weighted by molar-refractivity contribution is 14.1. The van der Waals surface area contributed by atoms with Crippen LogP contribution in [-0.2, 0) is 6.42 Å². The Morgan fingerprint density at radius 1 is 1.26 bits per heavy atom. The quantitative estimate of drug-likeness (QED) is 0.840. The standard InChI is InChI=1S/C14H16IN3O/c1-4-10-12(15)14(16-2)18-13(17-10)9-7-5-6-8-11(9)19-3/h5-8H,4H2,1-3H3,(H,16,17,18). The van der Waals surface area contributed by atoms with Crippen LogP contribution in [0.4, 0.5) is 5.82 Å². The average Bonchev–Trinajstić information content (AvgIpc) is 2.47. The minimum absolute atomic E-state index is 0.694. The van der Waals surface area contributed by atoms with Gasteiger partial charge in [0.2, 0.25) is 0 Å². The summed E-state index contributed by atoms with van der Waals surface area (Å²) < 4.78 is 6.45. The van der Waals surface area contributed by atoms with Crippen molar-refractivity contribution in [3.8, 4) is 17.1 Å². The monoisotopic (exact) mass is 369 g/mol. The number of para-hydroxylation sites is 1. The molecule has 2 aromatic rings. The minimum atomic E-state index is 0.694. The Hall–Kier alpha value is -1.37. The molecule has 100 valence electrons. The van der Waals surface area contributed by atoms with E-state index in [0.717, 1.165) is 32.8 Å². The van der Waals surface area contributed by atoms with Gasteiger partial charge in [-0.2, -0.15) is 0 Å². The van der Waals surface area contributed by atoms with E-state index in [-0.39, 0.29) is 0 Å². The van der Waals surface area contributed by atoms with Gasteiger partial charge in [-0.05, 0) is 41.1 Å². The van der Waals surface area contributed by atoms with E-state index in [2.05, 4.69) is 44.8 Å². The number of ether oxygens (including phenoxy) is 1. The van der Waals surface area contributed by atoms with Crippen molar-refractivity contribution in [2.75, 3.05) is 19.5 Å². The van der Waals surface area contributed by atoms with E-state index in [0.29, 0.717) is 5.82 Å². The molecular formula is C14H16IN3O. The second-order valence-corrected chi connectivity index (χ2v) is 5.04. The van der Waals surface area contributed by atoms with Gasteiger partial charge >= 0.3 is 0 Å². The van der Waals surface area contributed by atoms with E-state index in [1.165, 1.54) is 0 Å². The number of nitrogens with zero attached hydrogens (tertiary/aromatic N) is 2. The number of aromatic nitrogens is 2. The number of nitrogens with one attached hydrogen (secondary N) is 1. The van der Waals surface area contributed by atoms with Crippen LogP contribution in [0.3, 0.4) is 0 Å².